The van der Waals surface area contributed by atoms with Gasteiger partial charge >= 0.3 is 6.09 Å². The Bertz CT molecular complexity index is 554. The summed E-state index contributed by atoms with van der Waals surface area (Å²) in [7, 11) is 0. The van der Waals surface area contributed by atoms with Crippen LogP contribution >= 0.6 is 22.6 Å². The molecule has 0 heterocycles. The van der Waals surface area contributed by atoms with Crippen LogP contribution in [0.5, 0.6) is 0 Å². The van der Waals surface area contributed by atoms with Crippen LogP contribution in [0.3, 0.4) is 0 Å². The molecule has 0 saturated heterocycles. The highest BCUT2D eigenvalue weighted by atomic mass is 127. The summed E-state index contributed by atoms with van der Waals surface area (Å²) in [5.41, 5.74) is 2.03. The predicted molar refractivity (Wildman–Crippen MR) is 87.3 cm³/mol. The highest BCUT2D eigenvalue weighted by Crippen LogP contribution is 2.14. The Kier molecular flexibility index (Phi) is 5.40. The molecule has 2 rings (SSSR count). The fourth-order valence-electron chi connectivity index (χ4n) is 1.78. The fourth-order valence-corrected chi connectivity index (χ4v) is 2.14. The van der Waals surface area contributed by atoms with Crippen LogP contribution in [-0.2, 0) is 11.3 Å². The average molecular weight is 381 g/mol. The Balaban J connectivity index is 1.83. The van der Waals surface area contributed by atoms with Crippen molar-refractivity contribution in [3.63, 3.8) is 0 Å². The molecule has 0 aromatic heterocycles. The Labute approximate surface area is 132 Å². The summed E-state index contributed by atoms with van der Waals surface area (Å²) in [6.07, 6.45) is -0.403. The van der Waals surface area contributed by atoms with Gasteiger partial charge in [-0.25, -0.2) is 4.79 Å². The molecule has 0 aliphatic carbocycles. The van der Waals surface area contributed by atoms with Crippen molar-refractivity contribution in [2.45, 2.75) is 19.6 Å². The van der Waals surface area contributed by atoms with Crippen LogP contribution in [0.25, 0.3) is 0 Å². The maximum absolute atomic E-state index is 11.7. The molecule has 0 unspecified atom stereocenters. The van der Waals surface area contributed by atoms with Gasteiger partial charge in [0.1, 0.15) is 6.61 Å². The van der Waals surface area contributed by atoms with E-state index >= 15 is 0 Å². The summed E-state index contributed by atoms with van der Waals surface area (Å²) in [6.45, 7) is 2.22. The third kappa shape index (κ3) is 4.52. The lowest BCUT2D eigenvalue weighted by molar-refractivity contribution is 0.136. The Hall–Kier alpha value is -1.56. The van der Waals surface area contributed by atoms with E-state index < -0.39 is 6.09 Å². The van der Waals surface area contributed by atoms with Gasteiger partial charge in [-0.2, -0.15) is 0 Å². The van der Waals surface area contributed by atoms with Crippen molar-refractivity contribution in [1.82, 2.24) is 5.32 Å². The third-order valence-corrected chi connectivity index (χ3v) is 3.64. The normalized spacial score (nSPS) is 11.7. The van der Waals surface area contributed by atoms with Crippen molar-refractivity contribution in [2.24, 2.45) is 0 Å². The van der Waals surface area contributed by atoms with E-state index in [1.807, 2.05) is 61.5 Å². The lowest BCUT2D eigenvalue weighted by Crippen LogP contribution is -2.27. The van der Waals surface area contributed by atoms with E-state index in [4.69, 9.17) is 4.74 Å². The van der Waals surface area contributed by atoms with Crippen LogP contribution < -0.4 is 5.32 Å². The molecule has 4 heteroatoms. The molecule has 0 aliphatic heterocycles. The minimum absolute atomic E-state index is 0.0738. The Morgan fingerprint density at radius 3 is 2.45 bits per heavy atom. The van der Waals surface area contributed by atoms with E-state index in [2.05, 4.69) is 27.9 Å². The summed E-state index contributed by atoms with van der Waals surface area (Å²) < 4.78 is 6.36. The van der Waals surface area contributed by atoms with Gasteiger partial charge in [-0.3, -0.25) is 0 Å². The van der Waals surface area contributed by atoms with Crippen LogP contribution in [0.15, 0.2) is 54.6 Å². The molecule has 20 heavy (non-hydrogen) atoms. The quantitative estimate of drug-likeness (QED) is 0.803. The van der Waals surface area contributed by atoms with E-state index in [0.717, 1.165) is 11.1 Å². The summed E-state index contributed by atoms with van der Waals surface area (Å²) in [4.78, 5) is 11.7. The zero-order valence-electron chi connectivity index (χ0n) is 11.2. The topological polar surface area (TPSA) is 38.3 Å². The molecule has 1 amide bonds. The van der Waals surface area contributed by atoms with Crippen LogP contribution in [0.4, 0.5) is 4.79 Å². The van der Waals surface area contributed by atoms with Crippen molar-refractivity contribution in [2.75, 3.05) is 0 Å². The van der Waals surface area contributed by atoms with Gasteiger partial charge in [0.2, 0.25) is 0 Å². The number of carbonyl (C=O) groups is 1. The minimum atomic E-state index is -0.403. The van der Waals surface area contributed by atoms with E-state index in [9.17, 15) is 4.79 Å². The first-order valence-electron chi connectivity index (χ1n) is 6.38. The minimum Gasteiger partial charge on any atom is -0.445 e. The van der Waals surface area contributed by atoms with Crippen LogP contribution in [0.1, 0.15) is 24.1 Å². The molecule has 1 atom stereocenters. The number of hydrogen-bond donors (Lipinski definition) is 1. The third-order valence-electron chi connectivity index (χ3n) is 2.92. The average Bonchev–Trinajstić information content (AvgIpc) is 2.47. The largest absolute Gasteiger partial charge is 0.445 e. The number of nitrogens with one attached hydrogen (secondary N) is 1. The number of alkyl carbamates (subject to hydrolysis) is 1. The van der Waals surface area contributed by atoms with Gasteiger partial charge in [-0.05, 0) is 52.8 Å². The fraction of sp³-hybridized carbons (Fsp3) is 0.188. The summed E-state index contributed by atoms with van der Waals surface area (Å²) >= 11 is 2.25. The van der Waals surface area contributed by atoms with Crippen molar-refractivity contribution < 1.29 is 9.53 Å². The van der Waals surface area contributed by atoms with Gasteiger partial charge in [0.15, 0.2) is 0 Å². The number of carbonyl (C=O) groups excluding carboxylic acids is 1. The molecule has 0 fully saturated rings. The van der Waals surface area contributed by atoms with Crippen LogP contribution in [0, 0.1) is 3.57 Å². The maximum atomic E-state index is 11.7. The second kappa shape index (κ2) is 7.28. The van der Waals surface area contributed by atoms with E-state index in [1.54, 1.807) is 0 Å². The van der Waals surface area contributed by atoms with E-state index in [-0.39, 0.29) is 12.6 Å². The zero-order valence-corrected chi connectivity index (χ0v) is 13.3. The molecular weight excluding hydrogens is 365 g/mol. The van der Waals surface area contributed by atoms with Gasteiger partial charge in [0.05, 0.1) is 6.04 Å². The molecule has 104 valence electrons. The van der Waals surface area contributed by atoms with Gasteiger partial charge in [0, 0.05) is 3.57 Å². The van der Waals surface area contributed by atoms with Crippen LogP contribution in [0.2, 0.25) is 0 Å². The molecule has 1 N–H and O–H groups in total. The SMILES string of the molecule is C[C@H](NC(=O)OCc1ccccc1)c1ccc(I)cc1. The number of hydrogen-bond acceptors (Lipinski definition) is 2. The number of amides is 1. The molecule has 0 bridgehead atoms. The van der Waals surface area contributed by atoms with E-state index in [1.165, 1.54) is 3.57 Å². The van der Waals surface area contributed by atoms with Gasteiger partial charge < -0.3 is 10.1 Å². The standard InChI is InChI=1S/C16H16INO2/c1-12(14-7-9-15(17)10-8-14)18-16(19)20-11-13-5-3-2-4-6-13/h2-10,12H,11H2,1H3,(H,18,19)/t12-/m0/s1. The Morgan fingerprint density at radius 2 is 1.80 bits per heavy atom. The van der Waals surface area contributed by atoms with Gasteiger partial charge in [0.25, 0.3) is 0 Å². The van der Waals surface area contributed by atoms with Gasteiger partial charge in [-0.15, -0.1) is 0 Å². The Morgan fingerprint density at radius 1 is 1.15 bits per heavy atom. The predicted octanol–water partition coefficient (Wildman–Crippen LogP) is 4.28. The first-order chi connectivity index (χ1) is 9.65. The number of benzene rings is 2. The van der Waals surface area contributed by atoms with Crippen molar-refractivity contribution in [3.05, 3.63) is 69.3 Å². The molecule has 3 nitrogen and oxygen atoms in total. The second-order valence-corrected chi connectivity index (χ2v) is 5.72. The lowest BCUT2D eigenvalue weighted by atomic mass is 10.1. The summed E-state index contributed by atoms with van der Waals surface area (Å²) in [5, 5.41) is 2.82. The highest BCUT2D eigenvalue weighted by molar-refractivity contribution is 14.1. The van der Waals surface area contributed by atoms with Crippen LogP contribution in [-0.4, -0.2) is 6.09 Å². The first-order valence-corrected chi connectivity index (χ1v) is 7.45. The smallest absolute Gasteiger partial charge is 0.407 e. The summed E-state index contributed by atoms with van der Waals surface area (Å²) in [6, 6.07) is 17.6. The molecule has 0 spiro atoms. The maximum Gasteiger partial charge on any atom is 0.407 e. The number of ether oxygens (including phenoxy) is 1. The molecule has 0 aliphatic rings. The molecule has 0 radical (unpaired) electrons. The molecule has 2 aromatic carbocycles. The molecular formula is C16H16INO2. The van der Waals surface area contributed by atoms with Crippen molar-refractivity contribution in [3.8, 4) is 0 Å². The van der Waals surface area contributed by atoms with Gasteiger partial charge in [-0.1, -0.05) is 42.5 Å². The zero-order chi connectivity index (χ0) is 14.4. The summed E-state index contributed by atoms with van der Waals surface area (Å²) in [5.74, 6) is 0. The van der Waals surface area contributed by atoms with Crippen molar-refractivity contribution >= 4 is 28.7 Å². The number of halogens is 1. The van der Waals surface area contributed by atoms with Crippen molar-refractivity contribution in [1.29, 1.82) is 0 Å². The van der Waals surface area contributed by atoms with E-state index in [0.29, 0.717) is 0 Å². The second-order valence-electron chi connectivity index (χ2n) is 4.48. The highest BCUT2D eigenvalue weighted by Gasteiger charge is 2.10. The molecule has 0 saturated carbocycles. The molecule has 2 aromatic rings. The number of rotatable bonds is 4. The lowest BCUT2D eigenvalue weighted by Gasteiger charge is -2.14. The monoisotopic (exact) mass is 381 g/mol. The first kappa shape index (κ1) is 14.8.